The van der Waals surface area contributed by atoms with Crippen molar-refractivity contribution in [3.8, 4) is 11.6 Å². The molecular formula is C14H14BrNO. The maximum Gasteiger partial charge on any atom is 0.220 e. The van der Waals surface area contributed by atoms with Gasteiger partial charge < -0.3 is 4.74 Å². The molecule has 0 spiro atoms. The molecule has 2 aromatic rings. The zero-order chi connectivity index (χ0) is 12.1. The van der Waals surface area contributed by atoms with Gasteiger partial charge in [0.05, 0.1) is 0 Å². The number of aryl methyl sites for hydroxylation is 1. The van der Waals surface area contributed by atoms with Crippen LogP contribution in [0.1, 0.15) is 18.9 Å². The number of pyridine rings is 1. The van der Waals surface area contributed by atoms with Gasteiger partial charge in [0.2, 0.25) is 5.88 Å². The Labute approximate surface area is 110 Å². The Balaban J connectivity index is 2.08. The summed E-state index contributed by atoms with van der Waals surface area (Å²) in [6.07, 6.45) is 2.27. The van der Waals surface area contributed by atoms with Gasteiger partial charge in [0, 0.05) is 6.07 Å². The number of aromatic nitrogens is 1. The van der Waals surface area contributed by atoms with Gasteiger partial charge in [0.15, 0.2) is 0 Å². The highest BCUT2D eigenvalue weighted by atomic mass is 79.9. The molecule has 0 saturated heterocycles. The second-order valence-electron chi connectivity index (χ2n) is 3.79. The summed E-state index contributed by atoms with van der Waals surface area (Å²) in [7, 11) is 0. The number of ether oxygens (including phenoxy) is 1. The van der Waals surface area contributed by atoms with Crippen molar-refractivity contribution in [3.05, 3.63) is 52.6 Å². The Morgan fingerprint density at radius 1 is 1.12 bits per heavy atom. The topological polar surface area (TPSA) is 22.1 Å². The van der Waals surface area contributed by atoms with Gasteiger partial charge in [-0.3, -0.25) is 0 Å². The molecule has 0 atom stereocenters. The average Bonchev–Trinajstić information content (AvgIpc) is 2.32. The molecule has 88 valence electrons. The Hall–Kier alpha value is -1.35. The van der Waals surface area contributed by atoms with Crippen molar-refractivity contribution in [3.63, 3.8) is 0 Å². The van der Waals surface area contributed by atoms with Crippen LogP contribution in [0.2, 0.25) is 0 Å². The van der Waals surface area contributed by atoms with E-state index in [-0.39, 0.29) is 0 Å². The molecule has 0 aliphatic heterocycles. The number of hydrogen-bond donors (Lipinski definition) is 0. The summed E-state index contributed by atoms with van der Waals surface area (Å²) >= 11 is 3.32. The molecule has 1 heterocycles. The van der Waals surface area contributed by atoms with E-state index in [1.165, 1.54) is 5.56 Å². The second kappa shape index (κ2) is 5.82. The SMILES string of the molecule is CCCc1ccc(Oc2cccc(Br)n2)cc1. The van der Waals surface area contributed by atoms with E-state index in [0.717, 1.165) is 23.2 Å². The first kappa shape index (κ1) is 12.1. The molecule has 0 saturated carbocycles. The third-order valence-corrected chi connectivity index (χ3v) is 2.82. The van der Waals surface area contributed by atoms with Crippen molar-refractivity contribution in [2.24, 2.45) is 0 Å². The van der Waals surface area contributed by atoms with E-state index >= 15 is 0 Å². The largest absolute Gasteiger partial charge is 0.439 e. The fourth-order valence-electron chi connectivity index (χ4n) is 1.58. The van der Waals surface area contributed by atoms with Crippen LogP contribution in [0.3, 0.4) is 0 Å². The molecule has 1 aromatic carbocycles. The molecule has 0 bridgehead atoms. The number of halogens is 1. The highest BCUT2D eigenvalue weighted by Gasteiger charge is 1.99. The number of rotatable bonds is 4. The predicted octanol–water partition coefficient (Wildman–Crippen LogP) is 4.59. The Morgan fingerprint density at radius 3 is 2.53 bits per heavy atom. The van der Waals surface area contributed by atoms with Gasteiger partial charge in [-0.1, -0.05) is 31.5 Å². The lowest BCUT2D eigenvalue weighted by atomic mass is 10.1. The van der Waals surface area contributed by atoms with Crippen LogP contribution in [0, 0.1) is 0 Å². The van der Waals surface area contributed by atoms with Crippen molar-refractivity contribution in [1.82, 2.24) is 4.98 Å². The van der Waals surface area contributed by atoms with E-state index in [4.69, 9.17) is 4.74 Å². The van der Waals surface area contributed by atoms with E-state index in [2.05, 4.69) is 40.0 Å². The molecule has 17 heavy (non-hydrogen) atoms. The predicted molar refractivity (Wildman–Crippen MR) is 72.4 cm³/mol. The van der Waals surface area contributed by atoms with Crippen molar-refractivity contribution in [2.75, 3.05) is 0 Å². The molecule has 2 rings (SSSR count). The van der Waals surface area contributed by atoms with Gasteiger partial charge in [0.25, 0.3) is 0 Å². The fourth-order valence-corrected chi connectivity index (χ4v) is 1.91. The van der Waals surface area contributed by atoms with E-state index in [0.29, 0.717) is 5.88 Å². The molecule has 0 unspecified atom stereocenters. The van der Waals surface area contributed by atoms with Gasteiger partial charge in [-0.25, -0.2) is 4.98 Å². The lowest BCUT2D eigenvalue weighted by molar-refractivity contribution is 0.461. The summed E-state index contributed by atoms with van der Waals surface area (Å²) in [4.78, 5) is 4.22. The third-order valence-electron chi connectivity index (χ3n) is 2.37. The smallest absolute Gasteiger partial charge is 0.220 e. The van der Waals surface area contributed by atoms with E-state index < -0.39 is 0 Å². The van der Waals surface area contributed by atoms with Crippen LogP contribution in [0.5, 0.6) is 11.6 Å². The van der Waals surface area contributed by atoms with Crippen molar-refractivity contribution in [1.29, 1.82) is 0 Å². The summed E-state index contributed by atoms with van der Waals surface area (Å²) < 4.78 is 6.43. The Bertz CT molecular complexity index is 482. The van der Waals surface area contributed by atoms with Crippen LogP contribution in [-0.4, -0.2) is 4.98 Å². The normalized spacial score (nSPS) is 10.2. The van der Waals surface area contributed by atoms with Gasteiger partial charge >= 0.3 is 0 Å². The molecule has 0 aliphatic carbocycles. The first-order chi connectivity index (χ1) is 8.28. The molecule has 1 aromatic heterocycles. The van der Waals surface area contributed by atoms with Crippen LogP contribution in [0.15, 0.2) is 47.1 Å². The summed E-state index contributed by atoms with van der Waals surface area (Å²) in [5.41, 5.74) is 1.34. The fraction of sp³-hybridized carbons (Fsp3) is 0.214. The second-order valence-corrected chi connectivity index (χ2v) is 4.61. The quantitative estimate of drug-likeness (QED) is 0.769. The van der Waals surface area contributed by atoms with Crippen molar-refractivity contribution in [2.45, 2.75) is 19.8 Å². The summed E-state index contributed by atoms with van der Waals surface area (Å²) in [5.74, 6) is 1.41. The van der Waals surface area contributed by atoms with Crippen molar-refractivity contribution >= 4 is 15.9 Å². The maximum atomic E-state index is 5.65. The highest BCUT2D eigenvalue weighted by molar-refractivity contribution is 9.10. The average molecular weight is 292 g/mol. The number of benzene rings is 1. The molecule has 0 amide bonds. The number of hydrogen-bond acceptors (Lipinski definition) is 2. The van der Waals surface area contributed by atoms with Gasteiger partial charge in [-0.15, -0.1) is 0 Å². The zero-order valence-corrected chi connectivity index (χ0v) is 11.3. The molecule has 3 heteroatoms. The van der Waals surface area contributed by atoms with Crippen LogP contribution < -0.4 is 4.74 Å². The minimum Gasteiger partial charge on any atom is -0.439 e. The monoisotopic (exact) mass is 291 g/mol. The minimum absolute atomic E-state index is 0.600. The molecule has 0 aliphatic rings. The highest BCUT2D eigenvalue weighted by Crippen LogP contribution is 2.21. The lowest BCUT2D eigenvalue weighted by Crippen LogP contribution is -1.88. The third kappa shape index (κ3) is 3.56. The van der Waals surface area contributed by atoms with E-state index in [1.807, 2.05) is 30.3 Å². The molecule has 0 N–H and O–H groups in total. The van der Waals surface area contributed by atoms with E-state index in [9.17, 15) is 0 Å². The lowest BCUT2D eigenvalue weighted by Gasteiger charge is -2.05. The Kier molecular flexibility index (Phi) is 4.15. The summed E-state index contributed by atoms with van der Waals surface area (Å²) in [5, 5.41) is 0. The summed E-state index contributed by atoms with van der Waals surface area (Å²) in [6.45, 7) is 2.18. The molecular weight excluding hydrogens is 278 g/mol. The zero-order valence-electron chi connectivity index (χ0n) is 9.69. The first-order valence-corrected chi connectivity index (χ1v) is 6.46. The van der Waals surface area contributed by atoms with Crippen LogP contribution in [-0.2, 0) is 6.42 Å². The van der Waals surface area contributed by atoms with Gasteiger partial charge in [-0.05, 0) is 46.1 Å². The molecule has 0 radical (unpaired) electrons. The van der Waals surface area contributed by atoms with Crippen molar-refractivity contribution < 1.29 is 4.74 Å². The summed E-state index contributed by atoms with van der Waals surface area (Å²) in [6, 6.07) is 13.8. The molecule has 0 fully saturated rings. The van der Waals surface area contributed by atoms with Crippen LogP contribution in [0.25, 0.3) is 0 Å². The maximum absolute atomic E-state index is 5.65. The Morgan fingerprint density at radius 2 is 1.88 bits per heavy atom. The van der Waals surface area contributed by atoms with E-state index in [1.54, 1.807) is 0 Å². The van der Waals surface area contributed by atoms with Crippen LogP contribution >= 0.6 is 15.9 Å². The van der Waals surface area contributed by atoms with Gasteiger partial charge in [0.1, 0.15) is 10.4 Å². The molecule has 2 nitrogen and oxygen atoms in total. The number of nitrogens with zero attached hydrogens (tertiary/aromatic N) is 1. The van der Waals surface area contributed by atoms with Gasteiger partial charge in [-0.2, -0.15) is 0 Å². The minimum atomic E-state index is 0.600. The standard InChI is InChI=1S/C14H14BrNO/c1-2-4-11-7-9-12(10-8-11)17-14-6-3-5-13(15)16-14/h3,5-10H,2,4H2,1H3. The van der Waals surface area contributed by atoms with Crippen LogP contribution in [0.4, 0.5) is 0 Å². The first-order valence-electron chi connectivity index (χ1n) is 5.67.